The van der Waals surface area contributed by atoms with Crippen LogP contribution in [0.15, 0.2) is 30.3 Å². The molecule has 1 fully saturated rings. The van der Waals surface area contributed by atoms with Crippen molar-refractivity contribution in [2.24, 2.45) is 5.73 Å². The van der Waals surface area contributed by atoms with E-state index in [1.165, 1.54) is 4.90 Å². The van der Waals surface area contributed by atoms with E-state index in [9.17, 15) is 9.59 Å². The van der Waals surface area contributed by atoms with E-state index in [4.69, 9.17) is 15.2 Å². The van der Waals surface area contributed by atoms with Crippen LogP contribution in [0, 0.1) is 0 Å². The van der Waals surface area contributed by atoms with Crippen LogP contribution >= 0.6 is 0 Å². The molecule has 2 amide bonds. The number of benzene rings is 1. The first-order valence-electron chi connectivity index (χ1n) is 7.35. The highest BCUT2D eigenvalue weighted by molar-refractivity contribution is 5.87. The third kappa shape index (κ3) is 4.29. The normalized spacial score (nSPS) is 21.0. The Morgan fingerprint density at radius 1 is 1.32 bits per heavy atom. The maximum absolute atomic E-state index is 12.2. The molecule has 1 aliphatic rings. The van der Waals surface area contributed by atoms with Gasteiger partial charge in [-0.3, -0.25) is 9.59 Å². The Balaban J connectivity index is 1.77. The minimum atomic E-state index is -0.577. The molecule has 0 spiro atoms. The van der Waals surface area contributed by atoms with Gasteiger partial charge in [-0.25, -0.2) is 0 Å². The molecule has 0 bridgehead atoms. The highest BCUT2D eigenvalue weighted by atomic mass is 16.5. The monoisotopic (exact) mass is 306 g/mol. The summed E-state index contributed by atoms with van der Waals surface area (Å²) in [6, 6.07) is 9.18. The van der Waals surface area contributed by atoms with Gasteiger partial charge in [0.2, 0.25) is 11.8 Å². The van der Waals surface area contributed by atoms with E-state index in [0.29, 0.717) is 26.2 Å². The largest absolute Gasteiger partial charge is 0.380 e. The van der Waals surface area contributed by atoms with E-state index in [0.717, 1.165) is 5.56 Å². The second-order valence-electron chi connectivity index (χ2n) is 5.35. The van der Waals surface area contributed by atoms with Gasteiger partial charge in [-0.1, -0.05) is 30.3 Å². The Morgan fingerprint density at radius 2 is 2.05 bits per heavy atom. The number of likely N-dealkylation sites (tertiary alicyclic amines) is 1. The number of carbonyl (C=O) groups excluding carboxylic acids is 2. The maximum Gasteiger partial charge on any atom is 0.240 e. The average Bonchev–Trinajstić information content (AvgIpc) is 2.97. The quantitative estimate of drug-likeness (QED) is 0.752. The van der Waals surface area contributed by atoms with Gasteiger partial charge in [0.1, 0.15) is 6.04 Å². The zero-order valence-electron chi connectivity index (χ0n) is 12.7. The Kier molecular flexibility index (Phi) is 5.91. The number of amides is 2. The van der Waals surface area contributed by atoms with Crippen molar-refractivity contribution in [2.75, 3.05) is 20.3 Å². The van der Waals surface area contributed by atoms with Crippen molar-refractivity contribution < 1.29 is 19.1 Å². The number of nitrogens with two attached hydrogens (primary N) is 1. The SMILES string of the molecule is CO[C@H]1C[C@@H](C(N)=O)N(C(=O)CCOCc2ccccc2)C1. The second-order valence-corrected chi connectivity index (χ2v) is 5.35. The summed E-state index contributed by atoms with van der Waals surface area (Å²) in [6.07, 6.45) is 0.557. The van der Waals surface area contributed by atoms with Crippen molar-refractivity contribution in [2.45, 2.75) is 31.6 Å². The van der Waals surface area contributed by atoms with Crippen LogP contribution in [0.25, 0.3) is 0 Å². The number of carbonyl (C=O) groups is 2. The first-order chi connectivity index (χ1) is 10.6. The molecule has 0 saturated carbocycles. The molecule has 6 heteroatoms. The van der Waals surface area contributed by atoms with Gasteiger partial charge in [0.05, 0.1) is 25.7 Å². The molecule has 2 rings (SSSR count). The van der Waals surface area contributed by atoms with Crippen molar-refractivity contribution in [1.29, 1.82) is 0 Å². The zero-order valence-corrected chi connectivity index (χ0v) is 12.7. The van der Waals surface area contributed by atoms with E-state index in [-0.39, 0.29) is 18.4 Å². The standard InChI is InChI=1S/C16H22N2O4/c1-21-13-9-14(16(17)20)18(10-13)15(19)7-8-22-11-12-5-3-2-4-6-12/h2-6,13-14H,7-11H2,1H3,(H2,17,20)/t13-,14-/m0/s1. The van der Waals surface area contributed by atoms with E-state index in [1.54, 1.807) is 7.11 Å². The van der Waals surface area contributed by atoms with Gasteiger partial charge in [-0.05, 0) is 5.56 Å². The predicted octanol–water partition coefficient (Wildman–Crippen LogP) is 0.694. The molecule has 1 aliphatic heterocycles. The summed E-state index contributed by atoms with van der Waals surface area (Å²) in [4.78, 5) is 25.2. The summed E-state index contributed by atoms with van der Waals surface area (Å²) in [7, 11) is 1.57. The highest BCUT2D eigenvalue weighted by Gasteiger charge is 2.38. The molecule has 120 valence electrons. The van der Waals surface area contributed by atoms with E-state index < -0.39 is 11.9 Å². The van der Waals surface area contributed by atoms with E-state index >= 15 is 0 Å². The zero-order chi connectivity index (χ0) is 15.9. The molecule has 22 heavy (non-hydrogen) atoms. The van der Waals surface area contributed by atoms with Crippen LogP contribution in [0.1, 0.15) is 18.4 Å². The predicted molar refractivity (Wildman–Crippen MR) is 80.8 cm³/mol. The topological polar surface area (TPSA) is 81.9 Å². The van der Waals surface area contributed by atoms with Crippen LogP contribution in [0.5, 0.6) is 0 Å². The number of hydrogen-bond acceptors (Lipinski definition) is 4. The molecule has 2 N–H and O–H groups in total. The van der Waals surface area contributed by atoms with Crippen molar-refractivity contribution in [1.82, 2.24) is 4.90 Å². The summed E-state index contributed by atoms with van der Waals surface area (Å²) in [6.45, 7) is 1.18. The van der Waals surface area contributed by atoms with E-state index in [2.05, 4.69) is 0 Å². The van der Waals surface area contributed by atoms with Gasteiger partial charge >= 0.3 is 0 Å². The lowest BCUT2D eigenvalue weighted by molar-refractivity contribution is -0.138. The lowest BCUT2D eigenvalue weighted by Crippen LogP contribution is -2.44. The molecule has 0 aliphatic carbocycles. The minimum Gasteiger partial charge on any atom is -0.380 e. The number of hydrogen-bond donors (Lipinski definition) is 1. The maximum atomic E-state index is 12.2. The molecule has 1 saturated heterocycles. The van der Waals surface area contributed by atoms with Gasteiger partial charge in [0.25, 0.3) is 0 Å². The van der Waals surface area contributed by atoms with Crippen molar-refractivity contribution in [3.8, 4) is 0 Å². The summed E-state index contributed by atoms with van der Waals surface area (Å²) < 4.78 is 10.7. The number of ether oxygens (including phenoxy) is 2. The van der Waals surface area contributed by atoms with Crippen LogP contribution in [0.3, 0.4) is 0 Å². The molecular formula is C16H22N2O4. The molecule has 1 aromatic carbocycles. The number of rotatable bonds is 7. The highest BCUT2D eigenvalue weighted by Crippen LogP contribution is 2.20. The van der Waals surface area contributed by atoms with Crippen molar-refractivity contribution in [3.05, 3.63) is 35.9 Å². The minimum absolute atomic E-state index is 0.128. The summed E-state index contributed by atoms with van der Waals surface area (Å²) in [5.74, 6) is -0.616. The van der Waals surface area contributed by atoms with Crippen LogP contribution < -0.4 is 5.73 Å². The first-order valence-corrected chi connectivity index (χ1v) is 7.35. The molecule has 0 unspecified atom stereocenters. The molecule has 0 aromatic heterocycles. The molecule has 6 nitrogen and oxygen atoms in total. The van der Waals surface area contributed by atoms with Crippen LogP contribution in [-0.2, 0) is 25.7 Å². The van der Waals surface area contributed by atoms with E-state index in [1.807, 2.05) is 30.3 Å². The van der Waals surface area contributed by atoms with Gasteiger partial charge in [-0.2, -0.15) is 0 Å². The van der Waals surface area contributed by atoms with Gasteiger partial charge in [-0.15, -0.1) is 0 Å². The lowest BCUT2D eigenvalue weighted by Gasteiger charge is -2.21. The van der Waals surface area contributed by atoms with Crippen LogP contribution in [-0.4, -0.2) is 49.1 Å². The van der Waals surface area contributed by atoms with Crippen LogP contribution in [0.2, 0.25) is 0 Å². The molecule has 0 radical (unpaired) electrons. The molecule has 1 heterocycles. The third-order valence-electron chi connectivity index (χ3n) is 3.82. The number of nitrogens with zero attached hydrogens (tertiary/aromatic N) is 1. The number of primary amides is 1. The van der Waals surface area contributed by atoms with Gasteiger partial charge in [0, 0.05) is 20.1 Å². The third-order valence-corrected chi connectivity index (χ3v) is 3.82. The summed E-state index contributed by atoms with van der Waals surface area (Å²) >= 11 is 0. The lowest BCUT2D eigenvalue weighted by atomic mass is 10.2. The molecule has 2 atom stereocenters. The second kappa shape index (κ2) is 7.91. The first kappa shape index (κ1) is 16.5. The van der Waals surface area contributed by atoms with Crippen LogP contribution in [0.4, 0.5) is 0 Å². The fourth-order valence-electron chi connectivity index (χ4n) is 2.58. The molecule has 1 aromatic rings. The fraction of sp³-hybridized carbons (Fsp3) is 0.500. The van der Waals surface area contributed by atoms with Crippen molar-refractivity contribution in [3.63, 3.8) is 0 Å². The van der Waals surface area contributed by atoms with Crippen molar-refractivity contribution >= 4 is 11.8 Å². The smallest absolute Gasteiger partial charge is 0.240 e. The molecular weight excluding hydrogens is 284 g/mol. The Bertz CT molecular complexity index is 506. The van der Waals surface area contributed by atoms with Gasteiger partial charge < -0.3 is 20.1 Å². The Hall–Kier alpha value is -1.92. The summed E-state index contributed by atoms with van der Waals surface area (Å²) in [5.41, 5.74) is 6.41. The Labute approximate surface area is 130 Å². The fourth-order valence-corrected chi connectivity index (χ4v) is 2.58. The average molecular weight is 306 g/mol. The van der Waals surface area contributed by atoms with Gasteiger partial charge in [0.15, 0.2) is 0 Å². The number of methoxy groups -OCH3 is 1. The summed E-state index contributed by atoms with van der Waals surface area (Å²) in [5, 5.41) is 0. The Morgan fingerprint density at radius 3 is 2.68 bits per heavy atom.